The van der Waals surface area contributed by atoms with E-state index in [9.17, 15) is 19.5 Å². The van der Waals surface area contributed by atoms with Gasteiger partial charge >= 0.3 is 5.97 Å². The van der Waals surface area contributed by atoms with Crippen LogP contribution in [-0.4, -0.2) is 51.8 Å². The fourth-order valence-electron chi connectivity index (χ4n) is 7.84. The summed E-state index contributed by atoms with van der Waals surface area (Å²) in [5.74, 6) is 0.105. The summed E-state index contributed by atoms with van der Waals surface area (Å²) in [6.07, 6.45) is 6.50. The minimum absolute atomic E-state index is 0.0478. The predicted octanol–water partition coefficient (Wildman–Crippen LogP) is 3.97. The van der Waals surface area contributed by atoms with Gasteiger partial charge in [0.1, 0.15) is 0 Å². The van der Waals surface area contributed by atoms with Crippen molar-refractivity contribution in [3.05, 3.63) is 23.8 Å². The van der Waals surface area contributed by atoms with E-state index in [1.165, 1.54) is 5.96 Å². The number of carbonyl (C=O) groups excluding carboxylic acids is 3. The van der Waals surface area contributed by atoms with Crippen LogP contribution in [0.4, 0.5) is 0 Å². The largest absolute Gasteiger partial charge is 0.457 e. The van der Waals surface area contributed by atoms with E-state index in [0.29, 0.717) is 19.3 Å². The van der Waals surface area contributed by atoms with Crippen molar-refractivity contribution in [3.63, 3.8) is 0 Å². The van der Waals surface area contributed by atoms with Crippen molar-refractivity contribution in [2.45, 2.75) is 76.4 Å². The molecule has 0 aliphatic heterocycles. The van der Waals surface area contributed by atoms with Crippen molar-refractivity contribution in [2.24, 2.45) is 33.7 Å². The van der Waals surface area contributed by atoms with E-state index in [0.717, 1.165) is 5.57 Å². The third-order valence-corrected chi connectivity index (χ3v) is 10.6. The zero-order chi connectivity index (χ0) is 25.8. The van der Waals surface area contributed by atoms with Gasteiger partial charge in [-0.25, -0.2) is 0 Å². The van der Waals surface area contributed by atoms with Crippen molar-refractivity contribution < 1.29 is 29.1 Å². The zero-order valence-corrected chi connectivity index (χ0v) is 22.7. The first-order valence-corrected chi connectivity index (χ1v) is 13.4. The Labute approximate surface area is 213 Å². The van der Waals surface area contributed by atoms with Crippen LogP contribution in [0.25, 0.3) is 0 Å². The Bertz CT molecular complexity index is 1030. The van der Waals surface area contributed by atoms with E-state index in [-0.39, 0.29) is 42.2 Å². The van der Waals surface area contributed by atoms with Gasteiger partial charge in [0, 0.05) is 23.2 Å². The summed E-state index contributed by atoms with van der Waals surface area (Å²) in [7, 11) is 2.34. The maximum Gasteiger partial charge on any atom is 0.305 e. The lowest BCUT2D eigenvalue weighted by Crippen LogP contribution is -2.69. The number of nitrogens with zero attached hydrogens (tertiary/aromatic N) is 1. The van der Waals surface area contributed by atoms with Crippen LogP contribution in [-0.2, 0) is 24.0 Å². The molecule has 7 nitrogen and oxygen atoms in total. The molecule has 0 aromatic rings. The first-order chi connectivity index (χ1) is 16.4. The lowest BCUT2D eigenvalue weighted by atomic mass is 9.45. The van der Waals surface area contributed by atoms with Crippen LogP contribution < -0.4 is 0 Å². The van der Waals surface area contributed by atoms with Crippen LogP contribution >= 0.6 is 20.8 Å². The molecule has 3 fully saturated rings. The van der Waals surface area contributed by atoms with Crippen LogP contribution in [0.3, 0.4) is 0 Å². The maximum atomic E-state index is 13.8. The van der Waals surface area contributed by atoms with Crippen LogP contribution in [0.1, 0.15) is 59.8 Å². The number of rotatable bonds is 6. The Kier molecular flexibility index (Phi) is 6.87. The molecule has 0 aromatic carbocycles. The van der Waals surface area contributed by atoms with E-state index >= 15 is 0 Å². The first kappa shape index (κ1) is 26.5. The van der Waals surface area contributed by atoms with E-state index < -0.39 is 40.0 Å². The van der Waals surface area contributed by atoms with Crippen molar-refractivity contribution in [2.75, 3.05) is 6.61 Å². The number of fused-ring (bicyclic) bond motifs is 5. The lowest BCUT2D eigenvalue weighted by Gasteiger charge is -2.63. The second-order valence-electron chi connectivity index (χ2n) is 10.9. The Morgan fingerprint density at radius 3 is 2.71 bits per heavy atom. The average molecular weight is 524 g/mol. The number of aliphatic hydroxyl groups excluding tert-OH is 1. The van der Waals surface area contributed by atoms with Crippen LogP contribution in [0.5, 0.6) is 0 Å². The second kappa shape index (κ2) is 9.08. The summed E-state index contributed by atoms with van der Waals surface area (Å²) < 4.78 is 5.23. The number of allylic oxidation sites excluding steroid dienone is 4. The Hall–Kier alpha value is -1.56. The smallest absolute Gasteiger partial charge is 0.305 e. The maximum absolute atomic E-state index is 13.8. The van der Waals surface area contributed by atoms with Gasteiger partial charge in [-0.1, -0.05) is 53.7 Å². The summed E-state index contributed by atoms with van der Waals surface area (Å²) in [5.41, 5.74) is -1.91. The average Bonchev–Trinajstić information content (AvgIpc) is 3.04. The number of carbonyl (C=O) groups is 3. The van der Waals surface area contributed by atoms with Crippen molar-refractivity contribution >= 4 is 44.3 Å². The summed E-state index contributed by atoms with van der Waals surface area (Å²) in [4.78, 5) is 42.7. The molecule has 0 radical (unpaired) electrons. The highest BCUT2D eigenvalue weighted by Gasteiger charge is 2.76. The number of hydrogen-bond donors (Lipinski definition) is 1. The minimum atomic E-state index is -1.38. The SMILES string of the molecule is CCC(=O)OCC(=O)[C@@]1(ON=CP)[C@@H](C)C[C@H]2[C@@H]3CCC4=CC(=O)C=C[C@]4(C)[C@@]3(Cl)[C@@H](O)C[C@@]21C. The molecule has 0 heterocycles. The molecule has 3 saturated carbocycles. The first-order valence-electron chi connectivity index (χ1n) is 12.3. The van der Waals surface area contributed by atoms with Gasteiger partial charge in [0.15, 0.2) is 12.4 Å². The molecular formula is C26H35ClNO6P. The van der Waals surface area contributed by atoms with Gasteiger partial charge in [-0.2, -0.15) is 0 Å². The highest BCUT2D eigenvalue weighted by atomic mass is 35.5. The normalized spacial score (nSPS) is 44.3. The summed E-state index contributed by atoms with van der Waals surface area (Å²) in [6.45, 7) is 7.20. The topological polar surface area (TPSA) is 102 Å². The number of esters is 1. The van der Waals surface area contributed by atoms with Gasteiger partial charge in [-0.15, -0.1) is 11.6 Å². The molecule has 0 amide bonds. The molecule has 9 atom stereocenters. The molecule has 0 aromatic heterocycles. The number of oxime groups is 1. The van der Waals surface area contributed by atoms with Gasteiger partial charge in [0.05, 0.1) is 16.9 Å². The number of Topliss-reactive ketones (excluding diaryl/α,β-unsaturated/α-hetero) is 1. The number of alkyl halides is 1. The highest BCUT2D eigenvalue weighted by molar-refractivity contribution is 7.36. The van der Waals surface area contributed by atoms with Crippen molar-refractivity contribution in [1.29, 1.82) is 0 Å². The third kappa shape index (κ3) is 3.52. The van der Waals surface area contributed by atoms with E-state index in [1.54, 1.807) is 19.1 Å². The molecule has 9 heteroatoms. The summed E-state index contributed by atoms with van der Waals surface area (Å²) in [5, 5.41) is 15.8. The van der Waals surface area contributed by atoms with Crippen LogP contribution in [0.15, 0.2) is 29.0 Å². The fourth-order valence-corrected chi connectivity index (χ4v) is 8.42. The number of ether oxygens (including phenoxy) is 1. The van der Waals surface area contributed by atoms with Crippen molar-refractivity contribution in [3.8, 4) is 0 Å². The van der Waals surface area contributed by atoms with E-state index in [2.05, 4.69) is 14.4 Å². The standard InChI is InChI=1S/C26H35ClNO6P/c1-5-22(32)33-13-21(31)26(34-28-14-35)15(2)10-19-18-7-6-16-11-17(29)8-9-23(16,3)25(18,27)20(30)12-24(19,26)4/h8-9,11,14-15,18-20,30H,5-7,10,12-13,35H2,1-4H3/t15-,18-,19-,20-,23-,24-,25-,26-/m0/s1. The summed E-state index contributed by atoms with van der Waals surface area (Å²) in [6, 6.07) is 0. The van der Waals surface area contributed by atoms with Crippen molar-refractivity contribution in [1.82, 2.24) is 0 Å². The van der Waals surface area contributed by atoms with Gasteiger partial charge in [-0.05, 0) is 49.7 Å². The monoisotopic (exact) mass is 523 g/mol. The molecule has 0 saturated heterocycles. The predicted molar refractivity (Wildman–Crippen MR) is 136 cm³/mol. The molecule has 1 N–H and O–H groups in total. The lowest BCUT2D eigenvalue weighted by molar-refractivity contribution is -0.197. The third-order valence-electron chi connectivity index (χ3n) is 9.51. The van der Waals surface area contributed by atoms with E-state index in [1.807, 2.05) is 26.8 Å². The number of hydrogen-bond acceptors (Lipinski definition) is 7. The highest BCUT2D eigenvalue weighted by Crippen LogP contribution is 2.72. The molecule has 1 unspecified atom stereocenters. The Morgan fingerprint density at radius 2 is 2.06 bits per heavy atom. The number of halogens is 1. The quantitative estimate of drug-likeness (QED) is 0.186. The van der Waals surface area contributed by atoms with Gasteiger partial charge in [0.25, 0.3) is 0 Å². The molecule has 192 valence electrons. The molecule has 4 rings (SSSR count). The molecule has 4 aliphatic carbocycles. The van der Waals surface area contributed by atoms with Gasteiger partial charge < -0.3 is 14.7 Å². The van der Waals surface area contributed by atoms with Gasteiger partial charge in [-0.3, -0.25) is 14.4 Å². The molecule has 0 bridgehead atoms. The number of aliphatic hydroxyl groups is 1. The van der Waals surface area contributed by atoms with Crippen LogP contribution in [0, 0.1) is 28.6 Å². The fraction of sp³-hybridized carbons (Fsp3) is 0.692. The van der Waals surface area contributed by atoms with Crippen LogP contribution in [0.2, 0.25) is 0 Å². The number of ketones is 2. The molecule has 35 heavy (non-hydrogen) atoms. The molecule has 4 aliphatic rings. The Morgan fingerprint density at radius 1 is 1.34 bits per heavy atom. The zero-order valence-electron chi connectivity index (χ0n) is 20.8. The Balaban J connectivity index is 1.79. The van der Waals surface area contributed by atoms with Gasteiger partial charge in [0.2, 0.25) is 11.4 Å². The molecule has 0 spiro atoms. The summed E-state index contributed by atoms with van der Waals surface area (Å²) >= 11 is 7.48. The minimum Gasteiger partial charge on any atom is -0.457 e. The second-order valence-corrected chi connectivity index (χ2v) is 11.8. The van der Waals surface area contributed by atoms with E-state index in [4.69, 9.17) is 21.2 Å². The molecular weight excluding hydrogens is 489 g/mol.